The van der Waals surface area contributed by atoms with Crippen molar-refractivity contribution in [1.82, 2.24) is 4.90 Å². The summed E-state index contributed by atoms with van der Waals surface area (Å²) in [6.07, 6.45) is 1.02. The van der Waals surface area contributed by atoms with E-state index in [1.54, 1.807) is 12.1 Å². The summed E-state index contributed by atoms with van der Waals surface area (Å²) in [6, 6.07) is 7.61. The van der Waals surface area contributed by atoms with Crippen molar-refractivity contribution in [2.24, 2.45) is 0 Å². The summed E-state index contributed by atoms with van der Waals surface area (Å²) >= 11 is 0. The highest BCUT2D eigenvalue weighted by molar-refractivity contribution is 5.61. The second-order valence-electron chi connectivity index (χ2n) is 4.64. The molecule has 17 heavy (non-hydrogen) atoms. The van der Waals surface area contributed by atoms with Gasteiger partial charge < -0.3 is 10.2 Å². The lowest BCUT2D eigenvalue weighted by Gasteiger charge is -2.14. The molecule has 0 saturated carbocycles. The number of nitro benzene ring substituents is 1. The van der Waals surface area contributed by atoms with Crippen LogP contribution in [-0.2, 0) is 0 Å². The fourth-order valence-electron chi connectivity index (χ4n) is 2.27. The van der Waals surface area contributed by atoms with E-state index in [1.807, 2.05) is 6.07 Å². The van der Waals surface area contributed by atoms with Crippen LogP contribution in [0, 0.1) is 10.1 Å². The van der Waals surface area contributed by atoms with E-state index in [1.165, 1.54) is 6.07 Å². The van der Waals surface area contributed by atoms with Gasteiger partial charge in [-0.25, -0.2) is 0 Å². The smallest absolute Gasteiger partial charge is 0.292 e. The molecule has 0 spiro atoms. The summed E-state index contributed by atoms with van der Waals surface area (Å²) in [7, 11) is 2.08. The van der Waals surface area contributed by atoms with Crippen molar-refractivity contribution in [3.8, 4) is 0 Å². The Hall–Kier alpha value is -1.62. The van der Waals surface area contributed by atoms with Gasteiger partial charge >= 0.3 is 0 Å². The Morgan fingerprint density at radius 3 is 2.76 bits per heavy atom. The van der Waals surface area contributed by atoms with Gasteiger partial charge in [0.15, 0.2) is 0 Å². The molecule has 0 bridgehead atoms. The number of likely N-dealkylation sites (N-methyl/N-ethyl adjacent to an activating group) is 1. The van der Waals surface area contributed by atoms with E-state index in [0.717, 1.165) is 13.0 Å². The van der Waals surface area contributed by atoms with E-state index in [2.05, 4.69) is 24.2 Å². The fraction of sp³-hybridized carbons (Fsp3) is 0.500. The molecule has 2 unspecified atom stereocenters. The minimum atomic E-state index is -0.343. The highest BCUT2D eigenvalue weighted by atomic mass is 16.6. The van der Waals surface area contributed by atoms with Crippen LogP contribution in [0.3, 0.4) is 0 Å². The minimum absolute atomic E-state index is 0.148. The van der Waals surface area contributed by atoms with Gasteiger partial charge in [0.05, 0.1) is 4.92 Å². The molecule has 1 aliphatic heterocycles. The van der Waals surface area contributed by atoms with Crippen LogP contribution in [0.5, 0.6) is 0 Å². The van der Waals surface area contributed by atoms with Crippen molar-refractivity contribution in [2.45, 2.75) is 25.4 Å². The average molecular weight is 235 g/mol. The summed E-state index contributed by atoms with van der Waals surface area (Å²) in [5.41, 5.74) is 0.764. The largest absolute Gasteiger partial charge is 0.375 e. The zero-order valence-electron chi connectivity index (χ0n) is 10.1. The summed E-state index contributed by atoms with van der Waals surface area (Å²) < 4.78 is 0. The van der Waals surface area contributed by atoms with Crippen LogP contribution in [0.25, 0.3) is 0 Å². The van der Waals surface area contributed by atoms with Gasteiger partial charge in [0, 0.05) is 24.7 Å². The molecule has 2 atom stereocenters. The number of rotatable bonds is 3. The third-order valence-corrected chi connectivity index (χ3v) is 3.35. The number of nitrogens with zero attached hydrogens (tertiary/aromatic N) is 2. The second kappa shape index (κ2) is 4.71. The maximum Gasteiger partial charge on any atom is 0.292 e. The molecule has 0 amide bonds. The molecule has 1 aromatic rings. The normalized spacial score (nSPS) is 24.8. The number of hydrogen-bond donors (Lipinski definition) is 1. The third-order valence-electron chi connectivity index (χ3n) is 3.35. The predicted octanol–water partition coefficient (Wildman–Crippen LogP) is 2.10. The van der Waals surface area contributed by atoms with Gasteiger partial charge in [-0.3, -0.25) is 10.1 Å². The number of anilines is 1. The third kappa shape index (κ3) is 2.55. The van der Waals surface area contributed by atoms with Crippen molar-refractivity contribution in [1.29, 1.82) is 0 Å². The zero-order valence-corrected chi connectivity index (χ0v) is 10.1. The van der Waals surface area contributed by atoms with Crippen LogP contribution in [0.1, 0.15) is 13.3 Å². The van der Waals surface area contributed by atoms with Gasteiger partial charge in [-0.15, -0.1) is 0 Å². The fourth-order valence-corrected chi connectivity index (χ4v) is 2.27. The van der Waals surface area contributed by atoms with Gasteiger partial charge in [-0.2, -0.15) is 0 Å². The Kier molecular flexibility index (Phi) is 3.28. The van der Waals surface area contributed by atoms with Gasteiger partial charge in [-0.1, -0.05) is 12.1 Å². The van der Waals surface area contributed by atoms with E-state index in [4.69, 9.17) is 0 Å². The number of likely N-dealkylation sites (tertiary alicyclic amines) is 1. The van der Waals surface area contributed by atoms with Gasteiger partial charge in [0.25, 0.3) is 5.69 Å². The van der Waals surface area contributed by atoms with E-state index in [0.29, 0.717) is 11.7 Å². The highest BCUT2D eigenvalue weighted by Gasteiger charge is 2.27. The number of hydrogen-bond acceptors (Lipinski definition) is 4. The Morgan fingerprint density at radius 1 is 1.47 bits per heavy atom. The molecule has 1 fully saturated rings. The number of benzene rings is 1. The molecule has 1 N–H and O–H groups in total. The van der Waals surface area contributed by atoms with E-state index < -0.39 is 0 Å². The predicted molar refractivity (Wildman–Crippen MR) is 67.2 cm³/mol. The number of nitrogens with one attached hydrogen (secondary N) is 1. The first kappa shape index (κ1) is 11.9. The molecular formula is C12H17N3O2. The van der Waals surface area contributed by atoms with Crippen LogP contribution < -0.4 is 5.32 Å². The standard InChI is InChI=1S/C12H17N3O2/c1-9-7-10(8-14(9)2)13-11-5-3-4-6-12(11)15(16)17/h3-6,9-10,13H,7-8H2,1-2H3. The molecular weight excluding hydrogens is 218 g/mol. The van der Waals surface area contributed by atoms with Crippen LogP contribution in [0.15, 0.2) is 24.3 Å². The molecule has 92 valence electrons. The summed E-state index contributed by atoms with van der Waals surface area (Å²) in [6.45, 7) is 3.09. The molecule has 0 aromatic heterocycles. The number of para-hydroxylation sites is 2. The Morgan fingerprint density at radius 2 is 2.18 bits per heavy atom. The quantitative estimate of drug-likeness (QED) is 0.644. The highest BCUT2D eigenvalue weighted by Crippen LogP contribution is 2.26. The number of nitro groups is 1. The molecule has 1 aromatic carbocycles. The van der Waals surface area contributed by atoms with Crippen molar-refractivity contribution in [3.05, 3.63) is 34.4 Å². The lowest BCUT2D eigenvalue weighted by Crippen LogP contribution is -2.25. The topological polar surface area (TPSA) is 58.4 Å². The maximum atomic E-state index is 10.9. The second-order valence-corrected chi connectivity index (χ2v) is 4.64. The maximum absolute atomic E-state index is 10.9. The van der Waals surface area contributed by atoms with Crippen LogP contribution in [0.2, 0.25) is 0 Å². The van der Waals surface area contributed by atoms with Gasteiger partial charge in [0.2, 0.25) is 0 Å². The molecule has 5 nitrogen and oxygen atoms in total. The summed E-state index contributed by atoms with van der Waals surface area (Å²) in [5.74, 6) is 0. The van der Waals surface area contributed by atoms with Crippen molar-refractivity contribution >= 4 is 11.4 Å². The molecule has 0 radical (unpaired) electrons. The first-order valence-corrected chi connectivity index (χ1v) is 5.78. The molecule has 1 saturated heterocycles. The summed E-state index contributed by atoms with van der Waals surface area (Å²) in [4.78, 5) is 12.8. The lowest BCUT2D eigenvalue weighted by atomic mass is 10.1. The zero-order chi connectivity index (χ0) is 12.4. The van der Waals surface area contributed by atoms with Crippen molar-refractivity contribution in [2.75, 3.05) is 18.9 Å². The van der Waals surface area contributed by atoms with Crippen molar-refractivity contribution < 1.29 is 4.92 Å². The first-order chi connectivity index (χ1) is 8.08. The molecule has 1 aliphatic rings. The van der Waals surface area contributed by atoms with Crippen LogP contribution in [-0.4, -0.2) is 35.5 Å². The van der Waals surface area contributed by atoms with Crippen molar-refractivity contribution in [3.63, 3.8) is 0 Å². The molecule has 1 heterocycles. The summed E-state index contributed by atoms with van der Waals surface area (Å²) in [5, 5.41) is 14.1. The first-order valence-electron chi connectivity index (χ1n) is 5.78. The Labute approximate surface area is 101 Å². The van der Waals surface area contributed by atoms with E-state index >= 15 is 0 Å². The van der Waals surface area contributed by atoms with Crippen LogP contribution in [0.4, 0.5) is 11.4 Å². The average Bonchev–Trinajstić information content (AvgIpc) is 2.58. The van der Waals surface area contributed by atoms with Crippen LogP contribution >= 0.6 is 0 Å². The van der Waals surface area contributed by atoms with Gasteiger partial charge in [0.1, 0.15) is 5.69 Å². The SMILES string of the molecule is CC1CC(Nc2ccccc2[N+](=O)[O-])CN1C. The molecule has 0 aliphatic carbocycles. The van der Waals surface area contributed by atoms with E-state index in [-0.39, 0.29) is 16.7 Å². The minimum Gasteiger partial charge on any atom is -0.375 e. The van der Waals surface area contributed by atoms with E-state index in [9.17, 15) is 10.1 Å². The monoisotopic (exact) mass is 235 g/mol. The molecule has 5 heteroatoms. The Bertz CT molecular complexity index is 412. The molecule has 2 rings (SSSR count). The Balaban J connectivity index is 2.11. The lowest BCUT2D eigenvalue weighted by molar-refractivity contribution is -0.384. The van der Waals surface area contributed by atoms with Gasteiger partial charge in [-0.05, 0) is 26.5 Å².